The molecule has 3 aromatic heterocycles. The van der Waals surface area contributed by atoms with E-state index >= 15 is 0 Å². The first-order chi connectivity index (χ1) is 14.9. The van der Waals surface area contributed by atoms with Crippen molar-refractivity contribution in [2.75, 3.05) is 5.32 Å². The van der Waals surface area contributed by atoms with Crippen molar-refractivity contribution in [2.24, 2.45) is 13.0 Å². The van der Waals surface area contributed by atoms with Crippen molar-refractivity contribution < 1.29 is 9.63 Å². The lowest BCUT2D eigenvalue weighted by molar-refractivity contribution is -0.120. The summed E-state index contributed by atoms with van der Waals surface area (Å²) in [7, 11) is 1.75. The van der Waals surface area contributed by atoms with Crippen LogP contribution in [0.5, 0.6) is 5.75 Å². The zero-order chi connectivity index (χ0) is 22.0. The third kappa shape index (κ3) is 4.44. The van der Waals surface area contributed by atoms with Crippen LogP contribution in [0.25, 0.3) is 11.0 Å². The predicted octanol–water partition coefficient (Wildman–Crippen LogP) is 1.79. The van der Waals surface area contributed by atoms with E-state index in [0.717, 1.165) is 4.68 Å². The number of anilines is 1. The molecular weight excluding hydrogens is 400 g/mol. The smallest absolute Gasteiger partial charge is 0.271 e. The summed E-state index contributed by atoms with van der Waals surface area (Å²) in [5, 5.41) is 19.0. The van der Waals surface area contributed by atoms with Gasteiger partial charge in [0.15, 0.2) is 11.6 Å². The van der Waals surface area contributed by atoms with E-state index in [9.17, 15) is 9.59 Å². The van der Waals surface area contributed by atoms with Crippen LogP contribution in [0, 0.1) is 5.92 Å². The Morgan fingerprint density at radius 3 is 2.74 bits per heavy atom. The highest BCUT2D eigenvalue weighted by atomic mass is 16.7. The summed E-state index contributed by atoms with van der Waals surface area (Å²) in [6.07, 6.45) is 3.52. The average Bonchev–Trinajstić information content (AvgIpc) is 3.32. The minimum Gasteiger partial charge on any atom is -0.354 e. The fraction of sp³-hybridized carbons (Fsp3) is 0.300. The van der Waals surface area contributed by atoms with E-state index in [1.54, 1.807) is 36.1 Å². The van der Waals surface area contributed by atoms with Gasteiger partial charge in [-0.1, -0.05) is 30.8 Å². The number of amides is 1. The van der Waals surface area contributed by atoms with Crippen LogP contribution < -0.4 is 15.7 Å². The molecule has 0 bridgehead atoms. The van der Waals surface area contributed by atoms with Crippen molar-refractivity contribution in [1.82, 2.24) is 34.7 Å². The van der Waals surface area contributed by atoms with Crippen molar-refractivity contribution in [2.45, 2.75) is 26.3 Å². The Hall–Kier alpha value is -4.02. The molecule has 160 valence electrons. The SMILES string of the molecule is CC(C)CC(C(=O)Nc1ccn(C)n1)n1ncc(On2nnc3ccccc32)cc1=O. The van der Waals surface area contributed by atoms with Crippen molar-refractivity contribution in [1.29, 1.82) is 0 Å². The molecule has 0 aliphatic rings. The zero-order valence-electron chi connectivity index (χ0n) is 17.3. The first-order valence-electron chi connectivity index (χ1n) is 9.79. The predicted molar refractivity (Wildman–Crippen MR) is 112 cm³/mol. The molecule has 0 saturated heterocycles. The Labute approximate surface area is 177 Å². The Morgan fingerprint density at radius 2 is 2.03 bits per heavy atom. The molecule has 1 unspecified atom stereocenters. The standard InChI is InChI=1S/C20H22N8O3/c1-13(2)10-17(20(30)22-18-8-9-26(3)24-18)27-19(29)11-14(12-21-27)31-28-16-7-5-4-6-15(16)23-25-28/h4-9,11-13,17H,10H2,1-3H3,(H,22,24,30). The number of para-hydroxylation sites is 1. The highest BCUT2D eigenvalue weighted by Crippen LogP contribution is 2.19. The maximum Gasteiger partial charge on any atom is 0.271 e. The summed E-state index contributed by atoms with van der Waals surface area (Å²) in [5.41, 5.74) is 0.842. The second-order valence-electron chi connectivity index (χ2n) is 7.53. The Balaban J connectivity index is 1.58. The second-order valence-corrected chi connectivity index (χ2v) is 7.53. The van der Waals surface area contributed by atoms with E-state index in [0.29, 0.717) is 23.3 Å². The van der Waals surface area contributed by atoms with E-state index in [1.807, 2.05) is 26.0 Å². The van der Waals surface area contributed by atoms with Gasteiger partial charge in [-0.3, -0.25) is 14.3 Å². The van der Waals surface area contributed by atoms with Gasteiger partial charge in [-0.2, -0.15) is 10.2 Å². The number of nitrogens with one attached hydrogen (secondary N) is 1. The van der Waals surface area contributed by atoms with E-state index in [4.69, 9.17) is 4.84 Å². The Morgan fingerprint density at radius 1 is 1.23 bits per heavy atom. The van der Waals surface area contributed by atoms with Crippen LogP contribution in [-0.4, -0.2) is 40.6 Å². The number of rotatable bonds is 7. The highest BCUT2D eigenvalue weighted by Gasteiger charge is 2.25. The lowest BCUT2D eigenvalue weighted by Crippen LogP contribution is -2.35. The van der Waals surface area contributed by atoms with Gasteiger partial charge in [-0.15, -0.1) is 5.10 Å². The molecule has 0 saturated carbocycles. The summed E-state index contributed by atoms with van der Waals surface area (Å²) in [6, 6.07) is 9.42. The van der Waals surface area contributed by atoms with E-state index in [-0.39, 0.29) is 17.6 Å². The van der Waals surface area contributed by atoms with Gasteiger partial charge < -0.3 is 10.2 Å². The molecule has 4 rings (SSSR count). The largest absolute Gasteiger partial charge is 0.354 e. The zero-order valence-corrected chi connectivity index (χ0v) is 17.3. The maximum absolute atomic E-state index is 12.9. The van der Waals surface area contributed by atoms with Gasteiger partial charge in [-0.05, 0) is 29.7 Å². The number of carbonyl (C=O) groups is 1. The second kappa shape index (κ2) is 8.38. The molecule has 4 aromatic rings. The van der Waals surface area contributed by atoms with Crippen LogP contribution in [0.15, 0.2) is 53.6 Å². The fourth-order valence-electron chi connectivity index (χ4n) is 3.16. The fourth-order valence-corrected chi connectivity index (χ4v) is 3.16. The van der Waals surface area contributed by atoms with Crippen molar-refractivity contribution in [3.8, 4) is 5.75 Å². The minimum absolute atomic E-state index is 0.158. The molecule has 0 spiro atoms. The molecule has 1 aromatic carbocycles. The molecule has 31 heavy (non-hydrogen) atoms. The Bertz CT molecular complexity index is 1270. The van der Waals surface area contributed by atoms with Crippen molar-refractivity contribution in [3.63, 3.8) is 0 Å². The molecule has 1 atom stereocenters. The number of nitrogens with zero attached hydrogens (tertiary/aromatic N) is 7. The molecule has 11 nitrogen and oxygen atoms in total. The monoisotopic (exact) mass is 422 g/mol. The van der Waals surface area contributed by atoms with Crippen LogP contribution in [0.3, 0.4) is 0 Å². The first kappa shape index (κ1) is 20.3. The summed E-state index contributed by atoms with van der Waals surface area (Å²) in [6.45, 7) is 3.94. The summed E-state index contributed by atoms with van der Waals surface area (Å²) in [4.78, 5) is 32.5. The Kier molecular flexibility index (Phi) is 5.48. The van der Waals surface area contributed by atoms with Gasteiger partial charge in [0.25, 0.3) is 11.5 Å². The van der Waals surface area contributed by atoms with Crippen LogP contribution in [0.2, 0.25) is 0 Å². The maximum atomic E-state index is 12.9. The average molecular weight is 422 g/mol. The lowest BCUT2D eigenvalue weighted by atomic mass is 10.0. The summed E-state index contributed by atoms with van der Waals surface area (Å²) >= 11 is 0. The summed E-state index contributed by atoms with van der Waals surface area (Å²) < 4.78 is 2.74. The normalized spacial score (nSPS) is 12.3. The lowest BCUT2D eigenvalue weighted by Gasteiger charge is -2.19. The summed E-state index contributed by atoms with van der Waals surface area (Å²) in [5.74, 6) is 0.390. The molecular formula is C20H22N8O3. The molecule has 1 amide bonds. The molecule has 0 radical (unpaired) electrons. The number of hydrogen-bond donors (Lipinski definition) is 1. The van der Waals surface area contributed by atoms with Gasteiger partial charge in [0.2, 0.25) is 0 Å². The third-order valence-electron chi connectivity index (χ3n) is 4.57. The number of carbonyl (C=O) groups excluding carboxylic acids is 1. The first-order valence-corrected chi connectivity index (χ1v) is 9.79. The van der Waals surface area contributed by atoms with Crippen LogP contribution >= 0.6 is 0 Å². The van der Waals surface area contributed by atoms with Gasteiger partial charge in [0.05, 0.1) is 12.3 Å². The molecule has 0 aliphatic heterocycles. The number of hydrogen-bond acceptors (Lipinski definition) is 7. The van der Waals surface area contributed by atoms with Gasteiger partial charge in [0, 0.05) is 19.3 Å². The van der Waals surface area contributed by atoms with Crippen molar-refractivity contribution in [3.05, 3.63) is 59.1 Å². The number of aromatic nitrogens is 7. The van der Waals surface area contributed by atoms with Crippen LogP contribution in [-0.2, 0) is 11.8 Å². The van der Waals surface area contributed by atoms with Gasteiger partial charge in [0.1, 0.15) is 17.1 Å². The quantitative estimate of drug-likeness (QED) is 0.482. The topological polar surface area (TPSA) is 122 Å². The molecule has 0 fully saturated rings. The number of aryl methyl sites for hydroxylation is 1. The molecule has 11 heteroatoms. The minimum atomic E-state index is -0.796. The van der Waals surface area contributed by atoms with Crippen LogP contribution in [0.1, 0.15) is 26.3 Å². The van der Waals surface area contributed by atoms with Gasteiger partial charge in [-0.25, -0.2) is 4.68 Å². The van der Waals surface area contributed by atoms with E-state index in [1.165, 1.54) is 17.1 Å². The third-order valence-corrected chi connectivity index (χ3v) is 4.57. The molecule has 0 aliphatic carbocycles. The highest BCUT2D eigenvalue weighted by molar-refractivity contribution is 5.92. The van der Waals surface area contributed by atoms with Gasteiger partial charge >= 0.3 is 0 Å². The van der Waals surface area contributed by atoms with Crippen molar-refractivity contribution >= 4 is 22.8 Å². The molecule has 3 heterocycles. The van der Waals surface area contributed by atoms with E-state index in [2.05, 4.69) is 25.8 Å². The number of benzene rings is 1. The number of fused-ring (bicyclic) bond motifs is 1. The van der Waals surface area contributed by atoms with Crippen LogP contribution in [0.4, 0.5) is 5.82 Å². The molecule has 1 N–H and O–H groups in total. The van der Waals surface area contributed by atoms with E-state index < -0.39 is 11.6 Å².